The first kappa shape index (κ1) is 16.3. The maximum Gasteiger partial charge on any atom is 0.223 e. The molecule has 0 bridgehead atoms. The highest BCUT2D eigenvalue weighted by Gasteiger charge is 2.18. The Morgan fingerprint density at radius 2 is 1.77 bits per heavy atom. The van der Waals surface area contributed by atoms with Crippen LogP contribution in [0.15, 0.2) is 18.2 Å². The summed E-state index contributed by atoms with van der Waals surface area (Å²) < 4.78 is 10.3. The fraction of sp³-hybridized carbons (Fsp3) is 0.500. The van der Waals surface area contributed by atoms with E-state index >= 15 is 0 Å². The number of carbonyl (C=O) groups excluding carboxylic acids is 2. The lowest BCUT2D eigenvalue weighted by Crippen LogP contribution is -2.46. The van der Waals surface area contributed by atoms with Gasteiger partial charge in [0.05, 0.1) is 14.2 Å². The zero-order valence-electron chi connectivity index (χ0n) is 13.1. The highest BCUT2D eigenvalue weighted by molar-refractivity contribution is 5.98. The Labute approximate surface area is 130 Å². The van der Waals surface area contributed by atoms with E-state index in [9.17, 15) is 9.59 Å². The fourth-order valence-corrected chi connectivity index (χ4v) is 2.45. The molecule has 1 saturated heterocycles. The summed E-state index contributed by atoms with van der Waals surface area (Å²) in [6.07, 6.45) is 0.450. The molecule has 1 amide bonds. The number of rotatable bonds is 6. The number of amides is 1. The van der Waals surface area contributed by atoms with E-state index < -0.39 is 0 Å². The number of Topliss-reactive ketones (excluding diaryl/α,β-unsaturated/α-hetero) is 1. The lowest BCUT2D eigenvalue weighted by molar-refractivity contribution is -0.131. The number of nitrogens with zero attached hydrogens (tertiary/aromatic N) is 1. The Hall–Kier alpha value is -2.08. The van der Waals surface area contributed by atoms with Crippen molar-refractivity contribution < 1.29 is 19.1 Å². The van der Waals surface area contributed by atoms with Crippen molar-refractivity contribution in [2.24, 2.45) is 0 Å². The molecular weight excluding hydrogens is 284 g/mol. The smallest absolute Gasteiger partial charge is 0.223 e. The molecular formula is C16H22N2O4. The van der Waals surface area contributed by atoms with E-state index in [1.54, 1.807) is 30.2 Å². The summed E-state index contributed by atoms with van der Waals surface area (Å²) in [5, 5.41) is 3.20. The molecule has 22 heavy (non-hydrogen) atoms. The van der Waals surface area contributed by atoms with Crippen LogP contribution in [0.5, 0.6) is 11.5 Å². The van der Waals surface area contributed by atoms with Gasteiger partial charge < -0.3 is 19.7 Å². The summed E-state index contributed by atoms with van der Waals surface area (Å²) in [4.78, 5) is 26.1. The molecule has 2 rings (SSSR count). The van der Waals surface area contributed by atoms with Gasteiger partial charge in [0.25, 0.3) is 0 Å². The second-order valence-corrected chi connectivity index (χ2v) is 5.12. The van der Waals surface area contributed by atoms with Crippen molar-refractivity contribution in [1.29, 1.82) is 0 Å². The van der Waals surface area contributed by atoms with Crippen LogP contribution in [-0.4, -0.2) is 57.0 Å². The predicted octanol–water partition coefficient (Wildman–Crippen LogP) is 1.10. The lowest BCUT2D eigenvalue weighted by Gasteiger charge is -2.27. The van der Waals surface area contributed by atoms with Gasteiger partial charge in [-0.05, 0) is 18.2 Å². The molecule has 1 aromatic rings. The summed E-state index contributed by atoms with van der Waals surface area (Å²) in [6.45, 7) is 3.05. The topological polar surface area (TPSA) is 67.9 Å². The molecule has 0 unspecified atom stereocenters. The lowest BCUT2D eigenvalue weighted by atomic mass is 10.1. The standard InChI is InChI=1S/C16H22N2O4/c1-21-14-5-3-12(11-15(14)22-2)13(19)4-6-16(20)18-9-7-17-8-10-18/h3,5,11,17H,4,6-10H2,1-2H3. The SMILES string of the molecule is COc1ccc(C(=O)CCC(=O)N2CCNCC2)cc1OC. The number of ketones is 1. The van der Waals surface area contributed by atoms with Crippen LogP contribution in [0.3, 0.4) is 0 Å². The molecule has 6 heteroatoms. The second kappa shape index (κ2) is 7.79. The van der Waals surface area contributed by atoms with Crippen molar-refractivity contribution in [2.75, 3.05) is 40.4 Å². The maximum absolute atomic E-state index is 12.2. The number of nitrogens with one attached hydrogen (secondary N) is 1. The quantitative estimate of drug-likeness (QED) is 0.797. The molecule has 1 heterocycles. The van der Waals surface area contributed by atoms with Gasteiger partial charge in [-0.15, -0.1) is 0 Å². The van der Waals surface area contributed by atoms with Gasteiger partial charge in [0, 0.05) is 44.6 Å². The second-order valence-electron chi connectivity index (χ2n) is 5.12. The zero-order valence-corrected chi connectivity index (χ0v) is 13.1. The van der Waals surface area contributed by atoms with E-state index in [0.29, 0.717) is 30.2 Å². The van der Waals surface area contributed by atoms with Crippen molar-refractivity contribution in [1.82, 2.24) is 10.2 Å². The van der Waals surface area contributed by atoms with E-state index in [4.69, 9.17) is 9.47 Å². The minimum Gasteiger partial charge on any atom is -0.493 e. The van der Waals surface area contributed by atoms with Crippen molar-refractivity contribution in [2.45, 2.75) is 12.8 Å². The van der Waals surface area contributed by atoms with Crippen molar-refractivity contribution in [3.8, 4) is 11.5 Å². The molecule has 0 atom stereocenters. The van der Waals surface area contributed by atoms with Crippen molar-refractivity contribution in [3.05, 3.63) is 23.8 Å². The Balaban J connectivity index is 1.93. The van der Waals surface area contributed by atoms with Crippen LogP contribution in [0.1, 0.15) is 23.2 Å². The molecule has 1 aliphatic heterocycles. The molecule has 0 saturated carbocycles. The Bertz CT molecular complexity index is 539. The third kappa shape index (κ3) is 3.98. The first-order chi connectivity index (χ1) is 10.7. The number of carbonyl (C=O) groups is 2. The molecule has 1 fully saturated rings. The minimum atomic E-state index is -0.0653. The average molecular weight is 306 g/mol. The molecule has 0 radical (unpaired) electrons. The fourth-order valence-electron chi connectivity index (χ4n) is 2.45. The van der Waals surface area contributed by atoms with Gasteiger partial charge in [-0.25, -0.2) is 0 Å². The number of ether oxygens (including phenoxy) is 2. The van der Waals surface area contributed by atoms with Gasteiger partial charge in [0.1, 0.15) is 0 Å². The van der Waals surface area contributed by atoms with Gasteiger partial charge in [0.15, 0.2) is 17.3 Å². The third-order valence-electron chi connectivity index (χ3n) is 3.74. The van der Waals surface area contributed by atoms with Crippen LogP contribution in [0.4, 0.5) is 0 Å². The monoisotopic (exact) mass is 306 g/mol. The summed E-state index contributed by atoms with van der Waals surface area (Å²) in [6, 6.07) is 5.04. The highest BCUT2D eigenvalue weighted by atomic mass is 16.5. The average Bonchev–Trinajstić information content (AvgIpc) is 2.59. The van der Waals surface area contributed by atoms with E-state index in [-0.39, 0.29) is 24.5 Å². The largest absolute Gasteiger partial charge is 0.493 e. The van der Waals surface area contributed by atoms with Crippen molar-refractivity contribution in [3.63, 3.8) is 0 Å². The van der Waals surface area contributed by atoms with Crippen LogP contribution in [0, 0.1) is 0 Å². The van der Waals surface area contributed by atoms with Crippen LogP contribution < -0.4 is 14.8 Å². The summed E-state index contributed by atoms with van der Waals surface area (Å²) in [5.74, 6) is 1.07. The predicted molar refractivity (Wildman–Crippen MR) is 82.6 cm³/mol. The van der Waals surface area contributed by atoms with E-state index in [0.717, 1.165) is 13.1 Å². The molecule has 1 aromatic carbocycles. The van der Waals surface area contributed by atoms with Crippen LogP contribution in [0.2, 0.25) is 0 Å². The first-order valence-corrected chi connectivity index (χ1v) is 7.39. The maximum atomic E-state index is 12.2. The number of piperazine rings is 1. The van der Waals surface area contributed by atoms with E-state index in [1.165, 1.54) is 7.11 Å². The molecule has 0 aliphatic carbocycles. The van der Waals surface area contributed by atoms with Gasteiger partial charge in [-0.2, -0.15) is 0 Å². The normalized spacial score (nSPS) is 14.5. The minimum absolute atomic E-state index is 0.0373. The molecule has 0 spiro atoms. The summed E-state index contributed by atoms with van der Waals surface area (Å²) >= 11 is 0. The van der Waals surface area contributed by atoms with Gasteiger partial charge in [0.2, 0.25) is 5.91 Å². The number of benzene rings is 1. The Kier molecular flexibility index (Phi) is 5.77. The molecule has 0 aromatic heterocycles. The van der Waals surface area contributed by atoms with Gasteiger partial charge in [-0.1, -0.05) is 0 Å². The third-order valence-corrected chi connectivity index (χ3v) is 3.74. The summed E-state index contributed by atoms with van der Waals surface area (Å²) in [7, 11) is 3.07. The summed E-state index contributed by atoms with van der Waals surface area (Å²) in [5.41, 5.74) is 0.533. The van der Waals surface area contributed by atoms with Crippen LogP contribution >= 0.6 is 0 Å². The highest BCUT2D eigenvalue weighted by Crippen LogP contribution is 2.28. The van der Waals surface area contributed by atoms with E-state index in [1.807, 2.05) is 0 Å². The van der Waals surface area contributed by atoms with Crippen LogP contribution in [-0.2, 0) is 4.79 Å². The Morgan fingerprint density at radius 3 is 2.41 bits per heavy atom. The number of hydrogen-bond acceptors (Lipinski definition) is 5. The van der Waals surface area contributed by atoms with Crippen LogP contribution in [0.25, 0.3) is 0 Å². The zero-order chi connectivity index (χ0) is 15.9. The van der Waals surface area contributed by atoms with E-state index in [2.05, 4.69) is 5.32 Å². The number of methoxy groups -OCH3 is 2. The molecule has 120 valence electrons. The molecule has 6 nitrogen and oxygen atoms in total. The molecule has 1 N–H and O–H groups in total. The first-order valence-electron chi connectivity index (χ1n) is 7.39. The number of hydrogen-bond donors (Lipinski definition) is 1. The Morgan fingerprint density at radius 1 is 1.09 bits per heavy atom. The molecule has 1 aliphatic rings. The van der Waals surface area contributed by atoms with Gasteiger partial charge >= 0.3 is 0 Å². The van der Waals surface area contributed by atoms with Crippen molar-refractivity contribution >= 4 is 11.7 Å². The van der Waals surface area contributed by atoms with Gasteiger partial charge in [-0.3, -0.25) is 9.59 Å².